The first-order chi connectivity index (χ1) is 7.69. The van der Waals surface area contributed by atoms with Crippen LogP contribution >= 0.6 is 44.8 Å². The van der Waals surface area contributed by atoms with Crippen molar-refractivity contribution in [2.75, 3.05) is 0 Å². The fourth-order valence-electron chi connectivity index (χ4n) is 1.02. The van der Waals surface area contributed by atoms with Crippen molar-refractivity contribution in [3.05, 3.63) is 27.4 Å². The largest absolute Gasteiger partial charge is 0.227 e. The SMILES string of the molecule is CCc1cc(CC)nc(SSC(Cl)=CCl)n1. The molecule has 6 heteroatoms. The van der Waals surface area contributed by atoms with Gasteiger partial charge >= 0.3 is 0 Å². The van der Waals surface area contributed by atoms with Crippen molar-refractivity contribution >= 4 is 44.8 Å². The van der Waals surface area contributed by atoms with E-state index in [0.29, 0.717) is 4.36 Å². The second-order valence-corrected chi connectivity index (χ2v) is 5.91. The van der Waals surface area contributed by atoms with E-state index >= 15 is 0 Å². The fourth-order valence-corrected chi connectivity index (χ4v) is 2.93. The Labute approximate surface area is 114 Å². The molecule has 0 bridgehead atoms. The van der Waals surface area contributed by atoms with E-state index < -0.39 is 0 Å². The maximum absolute atomic E-state index is 5.78. The van der Waals surface area contributed by atoms with Gasteiger partial charge in [0, 0.05) is 16.9 Å². The molecule has 2 nitrogen and oxygen atoms in total. The van der Waals surface area contributed by atoms with E-state index in [1.54, 1.807) is 0 Å². The van der Waals surface area contributed by atoms with Crippen LogP contribution in [0.15, 0.2) is 21.1 Å². The molecular formula is C10H12Cl2N2S2. The Balaban J connectivity index is 2.78. The summed E-state index contributed by atoms with van der Waals surface area (Å²) in [4.78, 5) is 8.82. The van der Waals surface area contributed by atoms with Gasteiger partial charge in [-0.25, -0.2) is 9.97 Å². The smallest absolute Gasteiger partial charge is 0.199 e. The summed E-state index contributed by atoms with van der Waals surface area (Å²) in [7, 11) is 2.78. The molecule has 0 atom stereocenters. The van der Waals surface area contributed by atoms with Gasteiger partial charge in [0.1, 0.15) is 0 Å². The second-order valence-electron chi connectivity index (χ2n) is 2.92. The van der Waals surface area contributed by atoms with E-state index in [2.05, 4.69) is 23.8 Å². The molecule has 0 N–H and O–H groups in total. The van der Waals surface area contributed by atoms with Gasteiger partial charge in [0.05, 0.1) is 4.36 Å². The van der Waals surface area contributed by atoms with Crippen molar-refractivity contribution in [3.8, 4) is 0 Å². The Hall–Kier alpha value is 0.1000. The molecule has 0 aromatic carbocycles. The van der Waals surface area contributed by atoms with Crippen LogP contribution in [0.3, 0.4) is 0 Å². The van der Waals surface area contributed by atoms with Crippen molar-refractivity contribution in [1.82, 2.24) is 9.97 Å². The third-order valence-corrected chi connectivity index (χ3v) is 4.82. The molecule has 1 rings (SSSR count). The van der Waals surface area contributed by atoms with Gasteiger partial charge < -0.3 is 0 Å². The first-order valence-electron chi connectivity index (χ1n) is 4.86. The Morgan fingerprint density at radius 3 is 2.31 bits per heavy atom. The molecule has 0 aliphatic rings. The predicted octanol–water partition coefficient (Wildman–Crippen LogP) is 4.62. The first kappa shape index (κ1) is 14.2. The quantitative estimate of drug-likeness (QED) is 0.585. The minimum atomic E-state index is 0.523. The Morgan fingerprint density at radius 2 is 1.88 bits per heavy atom. The van der Waals surface area contributed by atoms with Crippen LogP contribution in [-0.4, -0.2) is 9.97 Å². The van der Waals surface area contributed by atoms with Gasteiger partial charge in [0.25, 0.3) is 0 Å². The van der Waals surface area contributed by atoms with Crippen LogP contribution < -0.4 is 0 Å². The van der Waals surface area contributed by atoms with Crippen LogP contribution in [0.25, 0.3) is 0 Å². The third-order valence-electron chi connectivity index (χ3n) is 1.82. The second kappa shape index (κ2) is 7.43. The van der Waals surface area contributed by atoms with Crippen LogP contribution in [0.1, 0.15) is 25.2 Å². The number of rotatable bonds is 5. The van der Waals surface area contributed by atoms with Gasteiger partial charge in [-0.05, 0) is 40.5 Å². The maximum Gasteiger partial charge on any atom is 0.199 e. The highest BCUT2D eigenvalue weighted by molar-refractivity contribution is 8.78. The molecule has 1 heterocycles. The van der Waals surface area contributed by atoms with E-state index in [0.717, 1.165) is 29.4 Å². The number of nitrogens with zero attached hydrogens (tertiary/aromatic N) is 2. The summed E-state index contributed by atoms with van der Waals surface area (Å²) < 4.78 is 0.523. The molecule has 0 amide bonds. The third kappa shape index (κ3) is 4.53. The highest BCUT2D eigenvalue weighted by atomic mass is 35.5. The zero-order chi connectivity index (χ0) is 12.0. The monoisotopic (exact) mass is 294 g/mol. The van der Waals surface area contributed by atoms with Crippen molar-refractivity contribution in [2.24, 2.45) is 0 Å². The van der Waals surface area contributed by atoms with Gasteiger partial charge in [0.2, 0.25) is 0 Å². The number of hydrogen-bond acceptors (Lipinski definition) is 4. The van der Waals surface area contributed by atoms with Gasteiger partial charge in [0.15, 0.2) is 5.16 Å². The summed E-state index contributed by atoms with van der Waals surface area (Å²) in [6.45, 7) is 4.16. The molecular weight excluding hydrogens is 283 g/mol. The van der Waals surface area contributed by atoms with Crippen LogP contribution in [0.5, 0.6) is 0 Å². The van der Waals surface area contributed by atoms with E-state index in [1.807, 2.05) is 6.07 Å². The summed E-state index contributed by atoms with van der Waals surface area (Å²) >= 11 is 11.2. The average molecular weight is 295 g/mol. The highest BCUT2D eigenvalue weighted by Crippen LogP contribution is 2.37. The van der Waals surface area contributed by atoms with Crippen LogP contribution in [-0.2, 0) is 12.8 Å². The summed E-state index contributed by atoms with van der Waals surface area (Å²) in [6.07, 6.45) is 1.82. The summed E-state index contributed by atoms with van der Waals surface area (Å²) in [5.74, 6) is 0. The number of aryl methyl sites for hydroxylation is 2. The van der Waals surface area contributed by atoms with Crippen molar-refractivity contribution in [1.29, 1.82) is 0 Å². The lowest BCUT2D eigenvalue weighted by atomic mass is 10.2. The summed E-state index contributed by atoms with van der Waals surface area (Å²) in [6, 6.07) is 2.04. The van der Waals surface area contributed by atoms with Gasteiger partial charge in [-0.3, -0.25) is 0 Å². The molecule has 0 aliphatic heterocycles. The van der Waals surface area contributed by atoms with E-state index in [1.165, 1.54) is 27.1 Å². The van der Waals surface area contributed by atoms with Gasteiger partial charge in [-0.1, -0.05) is 37.0 Å². The molecule has 0 unspecified atom stereocenters. The van der Waals surface area contributed by atoms with Crippen LogP contribution in [0.4, 0.5) is 0 Å². The normalized spacial score (nSPS) is 11.9. The number of hydrogen-bond donors (Lipinski definition) is 0. The molecule has 16 heavy (non-hydrogen) atoms. The zero-order valence-electron chi connectivity index (χ0n) is 9.04. The Bertz CT molecular complexity index is 361. The lowest BCUT2D eigenvalue weighted by molar-refractivity contribution is 0.843. The Morgan fingerprint density at radius 1 is 1.31 bits per heavy atom. The molecule has 1 aromatic heterocycles. The number of halogens is 2. The van der Waals surface area contributed by atoms with Crippen molar-refractivity contribution in [2.45, 2.75) is 31.8 Å². The zero-order valence-corrected chi connectivity index (χ0v) is 12.2. The first-order valence-corrected chi connectivity index (χ1v) is 7.83. The highest BCUT2D eigenvalue weighted by Gasteiger charge is 2.05. The minimum Gasteiger partial charge on any atom is -0.227 e. The molecule has 0 spiro atoms. The average Bonchev–Trinajstić information content (AvgIpc) is 2.35. The standard InChI is InChI=1S/C10H12Cl2N2S2/c1-3-7-5-8(4-2)14-10(13-7)16-15-9(12)6-11/h5-6H,3-4H2,1-2H3. The van der Waals surface area contributed by atoms with Gasteiger partial charge in [-0.15, -0.1) is 0 Å². The predicted molar refractivity (Wildman–Crippen MR) is 74.0 cm³/mol. The van der Waals surface area contributed by atoms with Crippen molar-refractivity contribution in [3.63, 3.8) is 0 Å². The molecule has 0 aliphatic carbocycles. The topological polar surface area (TPSA) is 25.8 Å². The molecule has 0 saturated carbocycles. The molecule has 0 saturated heterocycles. The minimum absolute atomic E-state index is 0.523. The number of aromatic nitrogens is 2. The van der Waals surface area contributed by atoms with Crippen LogP contribution in [0, 0.1) is 0 Å². The van der Waals surface area contributed by atoms with E-state index in [9.17, 15) is 0 Å². The molecule has 88 valence electrons. The van der Waals surface area contributed by atoms with Crippen molar-refractivity contribution < 1.29 is 0 Å². The summed E-state index contributed by atoms with van der Waals surface area (Å²) in [5, 5.41) is 0.734. The molecule has 0 fully saturated rings. The lowest BCUT2D eigenvalue weighted by Crippen LogP contribution is -1.97. The lowest BCUT2D eigenvalue weighted by Gasteiger charge is -2.04. The molecule has 0 radical (unpaired) electrons. The van der Waals surface area contributed by atoms with Gasteiger partial charge in [-0.2, -0.15) is 0 Å². The molecule has 1 aromatic rings. The van der Waals surface area contributed by atoms with Crippen LogP contribution in [0.2, 0.25) is 0 Å². The maximum atomic E-state index is 5.78. The van der Waals surface area contributed by atoms with E-state index in [4.69, 9.17) is 23.2 Å². The van der Waals surface area contributed by atoms with E-state index in [-0.39, 0.29) is 0 Å². The Kier molecular flexibility index (Phi) is 6.58. The fraction of sp³-hybridized carbons (Fsp3) is 0.400. The summed E-state index contributed by atoms with van der Waals surface area (Å²) in [5.41, 5.74) is 3.45.